The van der Waals surface area contributed by atoms with E-state index in [4.69, 9.17) is 5.73 Å². The minimum Gasteiger partial charge on any atom is -0.391 e. The first-order chi connectivity index (χ1) is 5.13. The van der Waals surface area contributed by atoms with Gasteiger partial charge in [0, 0.05) is 24.5 Å². The standard InChI is InChI=1S/C8H15N3/c1-5-11-8(9)6(2)7(3)10-4/h5,10H,1H2,2-4H3,(H2,9,11). The molecule has 0 atom stereocenters. The number of allylic oxidation sites excluding steroid dienone is 1. The summed E-state index contributed by atoms with van der Waals surface area (Å²) in [6.07, 6.45) is 1.43. The SMILES string of the molecule is C=CN=C(N)C(C)=C(C)NC. The summed E-state index contributed by atoms with van der Waals surface area (Å²) in [6.45, 7) is 7.31. The summed E-state index contributed by atoms with van der Waals surface area (Å²) < 4.78 is 0. The normalized spacial score (nSPS) is 13.9. The number of hydrogen-bond donors (Lipinski definition) is 2. The summed E-state index contributed by atoms with van der Waals surface area (Å²) in [4.78, 5) is 3.85. The summed E-state index contributed by atoms with van der Waals surface area (Å²) in [5, 5.41) is 2.99. The Labute approximate surface area is 67.7 Å². The summed E-state index contributed by atoms with van der Waals surface area (Å²) in [7, 11) is 1.85. The van der Waals surface area contributed by atoms with E-state index in [1.165, 1.54) is 6.20 Å². The number of nitrogens with zero attached hydrogens (tertiary/aromatic N) is 1. The molecule has 62 valence electrons. The molecule has 0 amide bonds. The zero-order valence-electron chi connectivity index (χ0n) is 7.31. The van der Waals surface area contributed by atoms with Crippen molar-refractivity contribution < 1.29 is 0 Å². The van der Waals surface area contributed by atoms with Gasteiger partial charge in [0.1, 0.15) is 5.84 Å². The molecule has 0 rings (SSSR count). The smallest absolute Gasteiger partial charge is 0.127 e. The number of nitrogens with two attached hydrogens (primary N) is 1. The predicted octanol–water partition coefficient (Wildman–Crippen LogP) is 1.00. The summed E-state index contributed by atoms with van der Waals surface area (Å²) >= 11 is 0. The van der Waals surface area contributed by atoms with Gasteiger partial charge in [-0.05, 0) is 13.8 Å². The second-order valence-electron chi connectivity index (χ2n) is 2.20. The van der Waals surface area contributed by atoms with E-state index in [1.54, 1.807) is 0 Å². The van der Waals surface area contributed by atoms with Crippen LogP contribution in [-0.2, 0) is 0 Å². The third kappa shape index (κ3) is 2.89. The summed E-state index contributed by atoms with van der Waals surface area (Å²) in [5.74, 6) is 0.506. The quantitative estimate of drug-likeness (QED) is 0.469. The molecule has 0 bridgehead atoms. The van der Waals surface area contributed by atoms with Crippen LogP contribution in [0.3, 0.4) is 0 Å². The minimum absolute atomic E-state index is 0.506. The highest BCUT2D eigenvalue weighted by Gasteiger charge is 1.97. The zero-order valence-corrected chi connectivity index (χ0v) is 7.31. The van der Waals surface area contributed by atoms with Crippen molar-refractivity contribution in [1.29, 1.82) is 0 Å². The van der Waals surface area contributed by atoms with Crippen molar-refractivity contribution in [3.05, 3.63) is 24.0 Å². The summed E-state index contributed by atoms with van der Waals surface area (Å²) in [5.41, 5.74) is 7.56. The Bertz CT molecular complexity index is 201. The van der Waals surface area contributed by atoms with Crippen molar-refractivity contribution in [2.45, 2.75) is 13.8 Å². The number of rotatable bonds is 3. The van der Waals surface area contributed by atoms with Crippen molar-refractivity contribution in [2.75, 3.05) is 7.05 Å². The van der Waals surface area contributed by atoms with E-state index in [9.17, 15) is 0 Å². The third-order valence-corrected chi connectivity index (χ3v) is 1.55. The second kappa shape index (κ2) is 4.55. The van der Waals surface area contributed by atoms with Gasteiger partial charge < -0.3 is 11.1 Å². The van der Waals surface area contributed by atoms with E-state index < -0.39 is 0 Å². The Morgan fingerprint density at radius 2 is 2.09 bits per heavy atom. The Kier molecular flexibility index (Phi) is 4.03. The van der Waals surface area contributed by atoms with Crippen LogP contribution >= 0.6 is 0 Å². The molecule has 0 aliphatic rings. The first-order valence-electron chi connectivity index (χ1n) is 3.43. The molecule has 0 fully saturated rings. The Morgan fingerprint density at radius 1 is 1.55 bits per heavy atom. The van der Waals surface area contributed by atoms with Gasteiger partial charge in [0.05, 0.1) is 0 Å². The van der Waals surface area contributed by atoms with Gasteiger partial charge in [-0.3, -0.25) is 0 Å². The molecule has 0 unspecified atom stereocenters. The lowest BCUT2D eigenvalue weighted by Gasteiger charge is -2.04. The van der Waals surface area contributed by atoms with Gasteiger partial charge in [0.25, 0.3) is 0 Å². The van der Waals surface area contributed by atoms with Gasteiger partial charge in [-0.1, -0.05) is 6.58 Å². The topological polar surface area (TPSA) is 50.4 Å². The van der Waals surface area contributed by atoms with E-state index in [0.29, 0.717) is 5.84 Å². The molecule has 0 aromatic carbocycles. The molecular formula is C8H15N3. The van der Waals surface area contributed by atoms with E-state index in [1.807, 2.05) is 20.9 Å². The van der Waals surface area contributed by atoms with E-state index >= 15 is 0 Å². The molecule has 0 saturated heterocycles. The molecule has 0 saturated carbocycles. The van der Waals surface area contributed by atoms with E-state index in [-0.39, 0.29) is 0 Å². The van der Waals surface area contributed by atoms with Crippen molar-refractivity contribution in [2.24, 2.45) is 10.7 Å². The monoisotopic (exact) mass is 153 g/mol. The first kappa shape index (κ1) is 9.75. The van der Waals surface area contributed by atoms with Crippen molar-refractivity contribution >= 4 is 5.84 Å². The molecule has 0 aromatic rings. The number of nitrogens with one attached hydrogen (secondary N) is 1. The van der Waals surface area contributed by atoms with Crippen LogP contribution in [0.4, 0.5) is 0 Å². The van der Waals surface area contributed by atoms with Crippen LogP contribution in [0.2, 0.25) is 0 Å². The minimum atomic E-state index is 0.506. The van der Waals surface area contributed by atoms with E-state index in [2.05, 4.69) is 16.9 Å². The molecule has 3 N–H and O–H groups in total. The number of amidine groups is 1. The highest BCUT2D eigenvalue weighted by Crippen LogP contribution is 1.98. The number of aliphatic imine (C=N–C) groups is 1. The van der Waals surface area contributed by atoms with Crippen molar-refractivity contribution in [3.63, 3.8) is 0 Å². The lowest BCUT2D eigenvalue weighted by atomic mass is 10.2. The van der Waals surface area contributed by atoms with Crippen molar-refractivity contribution in [3.8, 4) is 0 Å². The van der Waals surface area contributed by atoms with Crippen LogP contribution in [0.1, 0.15) is 13.8 Å². The Hall–Kier alpha value is -1.25. The Morgan fingerprint density at radius 3 is 2.45 bits per heavy atom. The third-order valence-electron chi connectivity index (χ3n) is 1.55. The molecule has 0 radical (unpaired) electrons. The molecule has 0 heterocycles. The maximum Gasteiger partial charge on any atom is 0.127 e. The average molecular weight is 153 g/mol. The zero-order chi connectivity index (χ0) is 8.85. The molecule has 3 heteroatoms. The van der Waals surface area contributed by atoms with Gasteiger partial charge in [-0.25, -0.2) is 4.99 Å². The maximum atomic E-state index is 5.59. The molecule has 0 spiro atoms. The van der Waals surface area contributed by atoms with Crippen LogP contribution in [0, 0.1) is 0 Å². The van der Waals surface area contributed by atoms with Crippen LogP contribution in [0.15, 0.2) is 29.0 Å². The summed E-state index contributed by atoms with van der Waals surface area (Å²) in [6, 6.07) is 0. The molecular weight excluding hydrogens is 138 g/mol. The fourth-order valence-corrected chi connectivity index (χ4v) is 0.575. The molecule has 0 aromatic heterocycles. The fraction of sp³-hybridized carbons (Fsp3) is 0.375. The molecule has 0 aliphatic heterocycles. The van der Waals surface area contributed by atoms with Gasteiger partial charge in [-0.2, -0.15) is 0 Å². The van der Waals surface area contributed by atoms with Gasteiger partial charge in [0.2, 0.25) is 0 Å². The van der Waals surface area contributed by atoms with Gasteiger partial charge in [0.15, 0.2) is 0 Å². The van der Waals surface area contributed by atoms with Crippen LogP contribution < -0.4 is 11.1 Å². The fourth-order valence-electron chi connectivity index (χ4n) is 0.575. The Balaban J connectivity index is 4.58. The molecule has 3 nitrogen and oxygen atoms in total. The first-order valence-corrected chi connectivity index (χ1v) is 3.43. The van der Waals surface area contributed by atoms with Crippen molar-refractivity contribution in [1.82, 2.24) is 5.32 Å². The highest BCUT2D eigenvalue weighted by molar-refractivity contribution is 5.97. The van der Waals surface area contributed by atoms with Crippen LogP contribution in [-0.4, -0.2) is 12.9 Å². The lowest BCUT2D eigenvalue weighted by molar-refractivity contribution is 0.972. The van der Waals surface area contributed by atoms with Gasteiger partial charge in [-0.15, -0.1) is 0 Å². The molecule has 0 aliphatic carbocycles. The maximum absolute atomic E-state index is 5.59. The number of hydrogen-bond acceptors (Lipinski definition) is 2. The predicted molar refractivity (Wildman–Crippen MR) is 49.3 cm³/mol. The second-order valence-corrected chi connectivity index (χ2v) is 2.20. The highest BCUT2D eigenvalue weighted by atomic mass is 14.9. The molecule has 11 heavy (non-hydrogen) atoms. The van der Waals surface area contributed by atoms with Crippen LogP contribution in [0.25, 0.3) is 0 Å². The van der Waals surface area contributed by atoms with Crippen LogP contribution in [0.5, 0.6) is 0 Å². The van der Waals surface area contributed by atoms with E-state index in [0.717, 1.165) is 11.3 Å². The van der Waals surface area contributed by atoms with Gasteiger partial charge >= 0.3 is 0 Å². The largest absolute Gasteiger partial charge is 0.391 e. The lowest BCUT2D eigenvalue weighted by Crippen LogP contribution is -2.17. The average Bonchev–Trinajstić information content (AvgIpc) is 2.02.